The minimum atomic E-state index is -0.00592. The summed E-state index contributed by atoms with van der Waals surface area (Å²) in [4.78, 5) is 11.6. The van der Waals surface area contributed by atoms with Crippen LogP contribution < -0.4 is 10.6 Å². The van der Waals surface area contributed by atoms with Gasteiger partial charge < -0.3 is 10.6 Å². The van der Waals surface area contributed by atoms with Gasteiger partial charge in [0.1, 0.15) is 0 Å². The molecule has 0 aliphatic carbocycles. The molecule has 100 valence electrons. The minimum Gasteiger partial charge on any atom is -0.323 e. The number of hydrogen-bond acceptors (Lipinski definition) is 3. The molecule has 0 fully saturated rings. The number of amides is 1. The highest BCUT2D eigenvalue weighted by Crippen LogP contribution is 2.08. The van der Waals surface area contributed by atoms with Crippen molar-refractivity contribution in [2.24, 2.45) is 0 Å². The summed E-state index contributed by atoms with van der Waals surface area (Å²) >= 11 is 0. The molecule has 5 heteroatoms. The molecule has 5 nitrogen and oxygen atoms in total. The molecule has 0 unspecified atom stereocenters. The molecule has 0 atom stereocenters. The van der Waals surface area contributed by atoms with Gasteiger partial charge in [0.2, 0.25) is 5.91 Å². The number of aromatic nitrogens is 2. The molecule has 0 saturated carbocycles. The maximum Gasteiger partial charge on any atom is 0.225 e. The van der Waals surface area contributed by atoms with Crippen LogP contribution in [0.5, 0.6) is 0 Å². The average Bonchev–Trinajstić information content (AvgIpc) is 2.85. The first kappa shape index (κ1) is 13.3. The van der Waals surface area contributed by atoms with Gasteiger partial charge in [-0.3, -0.25) is 9.48 Å². The number of nitrogens with one attached hydrogen (secondary N) is 2. The first-order valence-corrected chi connectivity index (χ1v) is 6.29. The normalized spacial score (nSPS) is 10.4. The highest BCUT2D eigenvalue weighted by Gasteiger charge is 2.04. The SMILES string of the molecule is CNCCC(=O)Nc1cnn(Cc2ccccc2)c1. The van der Waals surface area contributed by atoms with Gasteiger partial charge in [-0.25, -0.2) is 0 Å². The standard InChI is InChI=1S/C14H18N4O/c1-15-8-7-14(19)17-13-9-16-18(11-13)10-12-5-3-2-4-6-12/h2-6,9,11,15H,7-8,10H2,1H3,(H,17,19). The Kier molecular flexibility index (Phi) is 4.69. The summed E-state index contributed by atoms with van der Waals surface area (Å²) in [5.41, 5.74) is 1.91. The largest absolute Gasteiger partial charge is 0.323 e. The summed E-state index contributed by atoms with van der Waals surface area (Å²) in [6, 6.07) is 10.1. The molecular weight excluding hydrogens is 240 g/mol. The topological polar surface area (TPSA) is 59.0 Å². The van der Waals surface area contributed by atoms with Crippen molar-refractivity contribution in [1.29, 1.82) is 0 Å². The average molecular weight is 258 g/mol. The smallest absolute Gasteiger partial charge is 0.225 e. The zero-order chi connectivity index (χ0) is 13.5. The summed E-state index contributed by atoms with van der Waals surface area (Å²) in [7, 11) is 1.82. The van der Waals surface area contributed by atoms with E-state index in [1.807, 2.05) is 48.3 Å². The number of anilines is 1. The Labute approximate surface area is 112 Å². The fourth-order valence-corrected chi connectivity index (χ4v) is 1.75. The predicted molar refractivity (Wildman–Crippen MR) is 74.9 cm³/mol. The number of carbonyl (C=O) groups excluding carboxylic acids is 1. The summed E-state index contributed by atoms with van der Waals surface area (Å²) in [5.74, 6) is -0.00592. The van der Waals surface area contributed by atoms with E-state index < -0.39 is 0 Å². The molecule has 2 N–H and O–H groups in total. The highest BCUT2D eigenvalue weighted by atomic mass is 16.1. The van der Waals surface area contributed by atoms with Gasteiger partial charge in [-0.1, -0.05) is 30.3 Å². The molecule has 1 amide bonds. The molecule has 0 aliphatic heterocycles. The summed E-state index contributed by atoms with van der Waals surface area (Å²) < 4.78 is 1.81. The Balaban J connectivity index is 1.90. The zero-order valence-corrected chi connectivity index (χ0v) is 11.0. The molecule has 0 saturated heterocycles. The van der Waals surface area contributed by atoms with Gasteiger partial charge in [-0.2, -0.15) is 5.10 Å². The molecular formula is C14H18N4O. The molecule has 1 aromatic heterocycles. The lowest BCUT2D eigenvalue weighted by molar-refractivity contribution is -0.116. The molecule has 0 spiro atoms. The quantitative estimate of drug-likeness (QED) is 0.825. The van der Waals surface area contributed by atoms with Crippen molar-refractivity contribution in [1.82, 2.24) is 15.1 Å². The monoisotopic (exact) mass is 258 g/mol. The third kappa shape index (κ3) is 4.22. The molecule has 2 aromatic rings. The van der Waals surface area contributed by atoms with E-state index in [4.69, 9.17) is 0 Å². The first-order valence-electron chi connectivity index (χ1n) is 6.29. The Morgan fingerprint density at radius 2 is 2.11 bits per heavy atom. The van der Waals surface area contributed by atoms with Crippen molar-refractivity contribution in [3.8, 4) is 0 Å². The third-order valence-corrected chi connectivity index (χ3v) is 2.71. The van der Waals surface area contributed by atoms with E-state index in [9.17, 15) is 4.79 Å². The molecule has 0 bridgehead atoms. The number of benzene rings is 1. The summed E-state index contributed by atoms with van der Waals surface area (Å²) in [5, 5.41) is 9.99. The molecule has 0 radical (unpaired) electrons. The Bertz CT molecular complexity index is 521. The zero-order valence-electron chi connectivity index (χ0n) is 11.0. The highest BCUT2D eigenvalue weighted by molar-refractivity contribution is 5.90. The van der Waals surface area contributed by atoms with E-state index in [0.717, 1.165) is 5.69 Å². The van der Waals surface area contributed by atoms with Crippen molar-refractivity contribution >= 4 is 11.6 Å². The van der Waals surface area contributed by atoms with Gasteiger partial charge in [0, 0.05) is 19.2 Å². The van der Waals surface area contributed by atoms with Crippen molar-refractivity contribution in [3.63, 3.8) is 0 Å². The maximum atomic E-state index is 11.6. The second-order valence-corrected chi connectivity index (χ2v) is 4.31. The number of carbonyl (C=O) groups is 1. The summed E-state index contributed by atoms with van der Waals surface area (Å²) in [6.07, 6.45) is 3.96. The molecule has 1 aromatic carbocycles. The van der Waals surface area contributed by atoms with Crippen molar-refractivity contribution < 1.29 is 4.79 Å². The van der Waals surface area contributed by atoms with Gasteiger partial charge >= 0.3 is 0 Å². The Hall–Kier alpha value is -2.14. The lowest BCUT2D eigenvalue weighted by atomic mass is 10.2. The van der Waals surface area contributed by atoms with Crippen LogP contribution in [0.2, 0.25) is 0 Å². The van der Waals surface area contributed by atoms with Crippen molar-refractivity contribution in [2.75, 3.05) is 18.9 Å². The molecule has 2 rings (SSSR count). The molecule has 19 heavy (non-hydrogen) atoms. The maximum absolute atomic E-state index is 11.6. The van der Waals surface area contributed by atoms with Crippen LogP contribution in [-0.2, 0) is 11.3 Å². The lowest BCUT2D eigenvalue weighted by Crippen LogP contribution is -2.18. The Morgan fingerprint density at radius 3 is 2.84 bits per heavy atom. The number of nitrogens with zero attached hydrogens (tertiary/aromatic N) is 2. The van der Waals surface area contributed by atoms with Gasteiger partial charge in [0.25, 0.3) is 0 Å². The van der Waals surface area contributed by atoms with E-state index in [-0.39, 0.29) is 5.91 Å². The van der Waals surface area contributed by atoms with Crippen LogP contribution in [0.3, 0.4) is 0 Å². The number of rotatable bonds is 6. The van der Waals surface area contributed by atoms with Gasteiger partial charge in [0.05, 0.1) is 18.4 Å². The van der Waals surface area contributed by atoms with E-state index in [1.165, 1.54) is 5.56 Å². The van der Waals surface area contributed by atoms with E-state index >= 15 is 0 Å². The van der Waals surface area contributed by atoms with Gasteiger partial charge in [-0.05, 0) is 12.6 Å². The molecule has 1 heterocycles. The van der Waals surface area contributed by atoms with Gasteiger partial charge in [0.15, 0.2) is 0 Å². The molecule has 0 aliphatic rings. The lowest BCUT2D eigenvalue weighted by Gasteiger charge is -2.02. The van der Waals surface area contributed by atoms with Crippen LogP contribution in [0.4, 0.5) is 5.69 Å². The van der Waals surface area contributed by atoms with E-state index in [1.54, 1.807) is 6.20 Å². The first-order chi connectivity index (χ1) is 9.28. The van der Waals surface area contributed by atoms with Crippen LogP contribution in [0, 0.1) is 0 Å². The van der Waals surface area contributed by atoms with Crippen LogP contribution in [0.15, 0.2) is 42.7 Å². The van der Waals surface area contributed by atoms with E-state index in [0.29, 0.717) is 19.5 Å². The number of hydrogen-bond donors (Lipinski definition) is 2. The second kappa shape index (κ2) is 6.70. The second-order valence-electron chi connectivity index (χ2n) is 4.31. The van der Waals surface area contributed by atoms with Crippen LogP contribution in [-0.4, -0.2) is 29.3 Å². The van der Waals surface area contributed by atoms with E-state index in [2.05, 4.69) is 15.7 Å². The van der Waals surface area contributed by atoms with Crippen LogP contribution in [0.1, 0.15) is 12.0 Å². The van der Waals surface area contributed by atoms with Crippen molar-refractivity contribution in [2.45, 2.75) is 13.0 Å². The fourth-order valence-electron chi connectivity index (χ4n) is 1.75. The fraction of sp³-hybridized carbons (Fsp3) is 0.286. The minimum absolute atomic E-state index is 0.00592. The van der Waals surface area contributed by atoms with Crippen molar-refractivity contribution in [3.05, 3.63) is 48.3 Å². The third-order valence-electron chi connectivity index (χ3n) is 2.71. The van der Waals surface area contributed by atoms with Gasteiger partial charge in [-0.15, -0.1) is 0 Å². The van der Waals surface area contributed by atoms with Crippen LogP contribution in [0.25, 0.3) is 0 Å². The Morgan fingerprint density at radius 1 is 1.32 bits per heavy atom. The van der Waals surface area contributed by atoms with Crippen LogP contribution >= 0.6 is 0 Å². The summed E-state index contributed by atoms with van der Waals surface area (Å²) in [6.45, 7) is 1.37. The predicted octanol–water partition coefficient (Wildman–Crippen LogP) is 1.48.